The third-order valence-corrected chi connectivity index (χ3v) is 5.77. The molecule has 5 heteroatoms. The SMILES string of the molecule is O=C(Cc1ccccc1Cl)N(CCCN1CCCC1)C1CCCNC1. The molecule has 3 rings (SSSR count). The van der Waals surface area contributed by atoms with Crippen LogP contribution < -0.4 is 5.32 Å². The lowest BCUT2D eigenvalue weighted by atomic mass is 10.0. The van der Waals surface area contributed by atoms with Crippen LogP contribution in [0.3, 0.4) is 0 Å². The summed E-state index contributed by atoms with van der Waals surface area (Å²) < 4.78 is 0. The van der Waals surface area contributed by atoms with E-state index < -0.39 is 0 Å². The summed E-state index contributed by atoms with van der Waals surface area (Å²) in [6.45, 7) is 6.38. The van der Waals surface area contributed by atoms with E-state index in [0.29, 0.717) is 17.5 Å². The molecule has 0 aromatic heterocycles. The Morgan fingerprint density at radius 1 is 1.24 bits per heavy atom. The Labute approximate surface area is 156 Å². The van der Waals surface area contributed by atoms with E-state index in [0.717, 1.165) is 51.0 Å². The number of rotatable bonds is 7. The average Bonchev–Trinajstić information content (AvgIpc) is 3.15. The van der Waals surface area contributed by atoms with Gasteiger partial charge in [-0.1, -0.05) is 29.8 Å². The van der Waals surface area contributed by atoms with Crippen LogP contribution in [-0.4, -0.2) is 61.0 Å². The van der Waals surface area contributed by atoms with E-state index in [1.807, 2.05) is 24.3 Å². The molecule has 2 aliphatic rings. The van der Waals surface area contributed by atoms with Gasteiger partial charge in [0.15, 0.2) is 0 Å². The fourth-order valence-corrected chi connectivity index (χ4v) is 4.19. The summed E-state index contributed by atoms with van der Waals surface area (Å²) in [6.07, 6.45) is 6.35. The number of nitrogens with one attached hydrogen (secondary N) is 1. The Morgan fingerprint density at radius 2 is 2.04 bits per heavy atom. The highest BCUT2D eigenvalue weighted by atomic mass is 35.5. The third-order valence-electron chi connectivity index (χ3n) is 5.40. The van der Waals surface area contributed by atoms with E-state index in [1.54, 1.807) is 0 Å². The minimum atomic E-state index is 0.211. The standard InChI is InChI=1S/C20H30ClN3O/c21-19-9-2-1-7-17(19)15-20(25)24(18-8-5-10-22-16-18)14-6-13-23-11-3-4-12-23/h1-2,7,9,18,22H,3-6,8,10-16H2. The van der Waals surface area contributed by atoms with Crippen LogP contribution in [0.1, 0.15) is 37.7 Å². The molecule has 1 aromatic carbocycles. The average molecular weight is 364 g/mol. The molecular formula is C20H30ClN3O. The molecule has 0 radical (unpaired) electrons. The number of halogens is 1. The molecule has 4 nitrogen and oxygen atoms in total. The minimum Gasteiger partial charge on any atom is -0.338 e. The number of carbonyl (C=O) groups excluding carboxylic acids is 1. The summed E-state index contributed by atoms with van der Waals surface area (Å²) in [6, 6.07) is 8.01. The number of nitrogens with zero attached hydrogens (tertiary/aromatic N) is 2. The van der Waals surface area contributed by atoms with Gasteiger partial charge in [0.1, 0.15) is 0 Å². The topological polar surface area (TPSA) is 35.6 Å². The molecule has 2 fully saturated rings. The largest absolute Gasteiger partial charge is 0.338 e. The van der Waals surface area contributed by atoms with E-state index in [1.165, 1.54) is 25.9 Å². The van der Waals surface area contributed by atoms with Crippen molar-refractivity contribution in [2.45, 2.75) is 44.6 Å². The van der Waals surface area contributed by atoms with Crippen molar-refractivity contribution in [1.29, 1.82) is 0 Å². The van der Waals surface area contributed by atoms with Crippen molar-refractivity contribution < 1.29 is 4.79 Å². The van der Waals surface area contributed by atoms with Gasteiger partial charge in [0.05, 0.1) is 6.42 Å². The first-order valence-corrected chi connectivity index (χ1v) is 10.1. The van der Waals surface area contributed by atoms with Crippen LogP contribution in [0.2, 0.25) is 5.02 Å². The second-order valence-electron chi connectivity index (χ2n) is 7.26. The van der Waals surface area contributed by atoms with E-state index in [4.69, 9.17) is 11.6 Å². The quantitative estimate of drug-likeness (QED) is 0.809. The maximum Gasteiger partial charge on any atom is 0.227 e. The molecule has 25 heavy (non-hydrogen) atoms. The van der Waals surface area contributed by atoms with Crippen LogP contribution >= 0.6 is 11.6 Å². The maximum absolute atomic E-state index is 13.0. The lowest BCUT2D eigenvalue weighted by Gasteiger charge is -2.35. The molecule has 2 aliphatic heterocycles. The zero-order chi connectivity index (χ0) is 17.5. The van der Waals surface area contributed by atoms with Crippen LogP contribution in [0.25, 0.3) is 0 Å². The molecule has 0 aliphatic carbocycles. The second kappa shape index (κ2) is 9.56. The van der Waals surface area contributed by atoms with Gasteiger partial charge in [-0.15, -0.1) is 0 Å². The van der Waals surface area contributed by atoms with Gasteiger partial charge in [-0.2, -0.15) is 0 Å². The summed E-state index contributed by atoms with van der Waals surface area (Å²) >= 11 is 6.26. The fourth-order valence-electron chi connectivity index (χ4n) is 3.99. The van der Waals surface area contributed by atoms with Crippen LogP contribution in [0.4, 0.5) is 0 Å². The highest BCUT2D eigenvalue weighted by Crippen LogP contribution is 2.19. The first kappa shape index (κ1) is 18.7. The van der Waals surface area contributed by atoms with Crippen LogP contribution in [0.15, 0.2) is 24.3 Å². The molecule has 0 spiro atoms. The normalized spacial score (nSPS) is 21.4. The smallest absolute Gasteiger partial charge is 0.227 e. The molecule has 1 atom stereocenters. The second-order valence-corrected chi connectivity index (χ2v) is 7.66. The number of likely N-dealkylation sites (tertiary alicyclic amines) is 1. The number of benzene rings is 1. The number of piperidine rings is 1. The van der Waals surface area contributed by atoms with Crippen molar-refractivity contribution in [3.8, 4) is 0 Å². The molecule has 2 heterocycles. The van der Waals surface area contributed by atoms with E-state index in [-0.39, 0.29) is 5.91 Å². The Morgan fingerprint density at radius 3 is 2.76 bits per heavy atom. The maximum atomic E-state index is 13.0. The van der Waals surface area contributed by atoms with Crippen molar-refractivity contribution in [1.82, 2.24) is 15.1 Å². The number of hydrogen-bond donors (Lipinski definition) is 1. The fraction of sp³-hybridized carbons (Fsp3) is 0.650. The number of hydrogen-bond acceptors (Lipinski definition) is 3. The van der Waals surface area contributed by atoms with Crippen molar-refractivity contribution in [3.63, 3.8) is 0 Å². The Kier molecular flexibility index (Phi) is 7.14. The third kappa shape index (κ3) is 5.44. The Hall–Kier alpha value is -1.10. The summed E-state index contributed by atoms with van der Waals surface area (Å²) in [5.74, 6) is 0.211. The van der Waals surface area contributed by atoms with Gasteiger partial charge in [-0.3, -0.25) is 4.79 Å². The van der Waals surface area contributed by atoms with E-state index in [2.05, 4.69) is 15.1 Å². The van der Waals surface area contributed by atoms with Crippen LogP contribution in [0, 0.1) is 0 Å². The molecular weight excluding hydrogens is 334 g/mol. The molecule has 1 amide bonds. The number of carbonyl (C=O) groups is 1. The lowest BCUT2D eigenvalue weighted by Crippen LogP contribution is -2.50. The van der Waals surface area contributed by atoms with Gasteiger partial charge in [0.25, 0.3) is 0 Å². The van der Waals surface area contributed by atoms with E-state index in [9.17, 15) is 4.79 Å². The van der Waals surface area contributed by atoms with Gasteiger partial charge < -0.3 is 15.1 Å². The zero-order valence-electron chi connectivity index (χ0n) is 15.1. The summed E-state index contributed by atoms with van der Waals surface area (Å²) in [5.41, 5.74) is 0.933. The molecule has 1 N–H and O–H groups in total. The predicted molar refractivity (Wildman–Crippen MR) is 103 cm³/mol. The molecule has 0 bridgehead atoms. The lowest BCUT2D eigenvalue weighted by molar-refractivity contribution is -0.133. The monoisotopic (exact) mass is 363 g/mol. The van der Waals surface area contributed by atoms with Crippen LogP contribution in [0.5, 0.6) is 0 Å². The Bertz CT molecular complexity index is 554. The number of amides is 1. The first-order valence-electron chi connectivity index (χ1n) is 9.70. The summed E-state index contributed by atoms with van der Waals surface area (Å²) in [5, 5.41) is 4.14. The van der Waals surface area contributed by atoms with Gasteiger partial charge in [0, 0.05) is 24.2 Å². The van der Waals surface area contributed by atoms with Crippen molar-refractivity contribution in [3.05, 3.63) is 34.9 Å². The predicted octanol–water partition coefficient (Wildman–Crippen LogP) is 2.95. The van der Waals surface area contributed by atoms with Gasteiger partial charge >= 0.3 is 0 Å². The first-order chi connectivity index (χ1) is 12.2. The summed E-state index contributed by atoms with van der Waals surface area (Å²) in [7, 11) is 0. The summed E-state index contributed by atoms with van der Waals surface area (Å²) in [4.78, 5) is 17.7. The highest BCUT2D eigenvalue weighted by molar-refractivity contribution is 6.31. The Balaban J connectivity index is 1.59. The van der Waals surface area contributed by atoms with Crippen molar-refractivity contribution >= 4 is 17.5 Å². The van der Waals surface area contributed by atoms with Crippen LogP contribution in [-0.2, 0) is 11.2 Å². The zero-order valence-corrected chi connectivity index (χ0v) is 15.8. The molecule has 1 unspecified atom stereocenters. The van der Waals surface area contributed by atoms with E-state index >= 15 is 0 Å². The minimum absolute atomic E-state index is 0.211. The highest BCUT2D eigenvalue weighted by Gasteiger charge is 2.25. The van der Waals surface area contributed by atoms with Gasteiger partial charge in [-0.05, 0) is 69.9 Å². The van der Waals surface area contributed by atoms with Gasteiger partial charge in [-0.25, -0.2) is 0 Å². The molecule has 1 aromatic rings. The molecule has 138 valence electrons. The van der Waals surface area contributed by atoms with Crippen molar-refractivity contribution in [2.24, 2.45) is 0 Å². The molecule has 2 saturated heterocycles. The van der Waals surface area contributed by atoms with Crippen molar-refractivity contribution in [2.75, 3.05) is 39.3 Å². The molecule has 0 saturated carbocycles. The van der Waals surface area contributed by atoms with Gasteiger partial charge in [0.2, 0.25) is 5.91 Å².